The number of fused-ring (bicyclic) bond motifs is 2. The van der Waals surface area contributed by atoms with Crippen molar-refractivity contribution in [3.8, 4) is 11.8 Å². The molecule has 0 spiro atoms. The van der Waals surface area contributed by atoms with Crippen molar-refractivity contribution in [3.63, 3.8) is 0 Å². The highest BCUT2D eigenvalue weighted by molar-refractivity contribution is 5.85. The summed E-state index contributed by atoms with van der Waals surface area (Å²) in [4.78, 5) is 19.1. The molecule has 3 heterocycles. The van der Waals surface area contributed by atoms with Crippen molar-refractivity contribution in [1.82, 2.24) is 14.9 Å². The molecule has 4 rings (SSSR count). The maximum absolute atomic E-state index is 13.7. The monoisotopic (exact) mass is 385 g/mol. The second-order valence-electron chi connectivity index (χ2n) is 6.37. The van der Waals surface area contributed by atoms with E-state index in [2.05, 4.69) is 14.9 Å². The Labute approximate surface area is 156 Å². The summed E-state index contributed by atoms with van der Waals surface area (Å²) >= 11 is 0. The SMILES string of the molecule is Cl.O=CO.Oc1ccc2nc(OC[C@@]34CCCN3C[C@H](F)C4)ncc2c1. The number of carboxylic acid groups (broad SMARTS) is 1. The van der Waals surface area contributed by atoms with Gasteiger partial charge in [-0.15, -0.1) is 12.4 Å². The maximum atomic E-state index is 13.7. The zero-order valence-corrected chi connectivity index (χ0v) is 14.9. The van der Waals surface area contributed by atoms with Gasteiger partial charge in [-0.2, -0.15) is 4.98 Å². The number of hydrogen-bond acceptors (Lipinski definition) is 6. The lowest BCUT2D eigenvalue weighted by atomic mass is 9.95. The minimum Gasteiger partial charge on any atom is -0.508 e. The van der Waals surface area contributed by atoms with Crippen LogP contribution in [0.5, 0.6) is 11.8 Å². The van der Waals surface area contributed by atoms with E-state index in [0.717, 1.165) is 30.3 Å². The Bertz CT molecular complexity index is 766. The highest BCUT2D eigenvalue weighted by atomic mass is 35.5. The standard InChI is InChI=1S/C16H18FN3O2.CH2O2.ClH/c17-12-7-16(4-1-5-20(16)9-12)10-22-15-18-8-11-6-13(21)2-3-14(11)19-15;2-1-3;/h2-3,6,8,12,21H,1,4-5,7,9-10H2;1H,(H,2,3);1H/t12-,16+;;/m1../s1. The van der Waals surface area contributed by atoms with Crippen molar-refractivity contribution in [3.05, 3.63) is 24.4 Å². The number of carbonyl (C=O) groups is 1. The van der Waals surface area contributed by atoms with E-state index in [1.807, 2.05) is 0 Å². The van der Waals surface area contributed by atoms with Gasteiger partial charge >= 0.3 is 6.01 Å². The van der Waals surface area contributed by atoms with Crippen molar-refractivity contribution in [1.29, 1.82) is 0 Å². The van der Waals surface area contributed by atoms with Crippen LogP contribution < -0.4 is 4.74 Å². The first-order valence-electron chi connectivity index (χ1n) is 8.12. The van der Waals surface area contributed by atoms with Gasteiger partial charge in [0.05, 0.1) is 11.1 Å². The van der Waals surface area contributed by atoms with E-state index in [1.54, 1.807) is 24.4 Å². The quantitative estimate of drug-likeness (QED) is 0.783. The number of ether oxygens (including phenoxy) is 1. The minimum atomic E-state index is -0.760. The summed E-state index contributed by atoms with van der Waals surface area (Å²) < 4.78 is 19.5. The molecule has 0 unspecified atom stereocenters. The van der Waals surface area contributed by atoms with E-state index in [0.29, 0.717) is 25.6 Å². The number of aromatic hydroxyl groups is 1. The summed E-state index contributed by atoms with van der Waals surface area (Å²) in [6.07, 6.45) is 3.47. The molecule has 2 aliphatic rings. The number of nitrogens with zero attached hydrogens (tertiary/aromatic N) is 3. The Morgan fingerprint density at radius 3 is 3.00 bits per heavy atom. The topological polar surface area (TPSA) is 95.8 Å². The summed E-state index contributed by atoms with van der Waals surface area (Å²) in [5, 5.41) is 17.1. The number of rotatable bonds is 3. The highest BCUT2D eigenvalue weighted by Crippen LogP contribution is 2.40. The number of halogens is 2. The largest absolute Gasteiger partial charge is 0.508 e. The molecule has 7 nitrogen and oxygen atoms in total. The number of hydrogen-bond donors (Lipinski definition) is 2. The molecule has 0 bridgehead atoms. The van der Waals surface area contributed by atoms with Gasteiger partial charge in [-0.3, -0.25) is 9.69 Å². The molecular formula is C17H21ClFN3O4. The molecule has 142 valence electrons. The van der Waals surface area contributed by atoms with Gasteiger partial charge in [0, 0.05) is 24.5 Å². The van der Waals surface area contributed by atoms with Crippen molar-refractivity contribution in [2.24, 2.45) is 0 Å². The van der Waals surface area contributed by atoms with E-state index in [-0.39, 0.29) is 30.2 Å². The van der Waals surface area contributed by atoms with Crippen LogP contribution in [-0.2, 0) is 4.79 Å². The summed E-state index contributed by atoms with van der Waals surface area (Å²) in [6.45, 7) is 1.64. The molecule has 0 aliphatic carbocycles. The number of phenols is 1. The number of benzene rings is 1. The predicted molar refractivity (Wildman–Crippen MR) is 95.7 cm³/mol. The Morgan fingerprint density at radius 2 is 2.23 bits per heavy atom. The van der Waals surface area contributed by atoms with Crippen LogP contribution in [0.3, 0.4) is 0 Å². The first kappa shape index (κ1) is 20.1. The van der Waals surface area contributed by atoms with Gasteiger partial charge < -0.3 is 14.9 Å². The molecule has 1 aromatic heterocycles. The zero-order chi connectivity index (χ0) is 17.9. The average Bonchev–Trinajstić information content (AvgIpc) is 3.09. The number of phenolic OH excluding ortho intramolecular Hbond substituents is 1. The van der Waals surface area contributed by atoms with Crippen LogP contribution in [0.25, 0.3) is 10.9 Å². The van der Waals surface area contributed by atoms with Gasteiger partial charge in [0.25, 0.3) is 6.47 Å². The third-order valence-corrected chi connectivity index (χ3v) is 4.77. The summed E-state index contributed by atoms with van der Waals surface area (Å²) in [5.74, 6) is 0.185. The van der Waals surface area contributed by atoms with Gasteiger partial charge in [0.1, 0.15) is 18.5 Å². The van der Waals surface area contributed by atoms with Crippen LogP contribution in [-0.4, -0.2) is 63.0 Å². The van der Waals surface area contributed by atoms with E-state index < -0.39 is 6.17 Å². The van der Waals surface area contributed by atoms with Crippen LogP contribution in [0.15, 0.2) is 24.4 Å². The summed E-state index contributed by atoms with van der Waals surface area (Å²) in [7, 11) is 0. The van der Waals surface area contributed by atoms with E-state index in [1.165, 1.54) is 0 Å². The lowest BCUT2D eigenvalue weighted by Crippen LogP contribution is -2.43. The second-order valence-corrected chi connectivity index (χ2v) is 6.37. The van der Waals surface area contributed by atoms with Crippen LogP contribution in [0, 0.1) is 0 Å². The van der Waals surface area contributed by atoms with Gasteiger partial charge in [0.15, 0.2) is 0 Å². The van der Waals surface area contributed by atoms with Gasteiger partial charge in [-0.1, -0.05) is 0 Å². The van der Waals surface area contributed by atoms with Crippen molar-refractivity contribution >= 4 is 29.8 Å². The summed E-state index contributed by atoms with van der Waals surface area (Å²) in [6, 6.07) is 5.23. The van der Waals surface area contributed by atoms with Crippen molar-refractivity contribution in [2.75, 3.05) is 19.7 Å². The lowest BCUT2D eigenvalue weighted by molar-refractivity contribution is -0.122. The third kappa shape index (κ3) is 4.13. The molecule has 26 heavy (non-hydrogen) atoms. The number of aromatic nitrogens is 2. The van der Waals surface area contributed by atoms with Crippen LogP contribution in [0.4, 0.5) is 4.39 Å². The molecule has 0 saturated carbocycles. The molecule has 0 amide bonds. The molecule has 2 aromatic rings. The number of alkyl halides is 1. The average molecular weight is 386 g/mol. The van der Waals surface area contributed by atoms with Gasteiger partial charge in [-0.25, -0.2) is 9.37 Å². The molecule has 0 radical (unpaired) electrons. The molecule has 1 aromatic carbocycles. The predicted octanol–water partition coefficient (Wildman–Crippen LogP) is 2.41. The molecule has 2 aliphatic heterocycles. The zero-order valence-electron chi connectivity index (χ0n) is 14.0. The van der Waals surface area contributed by atoms with Crippen molar-refractivity contribution < 1.29 is 24.1 Å². The van der Waals surface area contributed by atoms with Crippen LogP contribution in [0.1, 0.15) is 19.3 Å². The lowest BCUT2D eigenvalue weighted by Gasteiger charge is -2.30. The normalized spacial score (nSPS) is 24.3. The Kier molecular flexibility index (Phi) is 6.55. The van der Waals surface area contributed by atoms with Gasteiger partial charge in [-0.05, 0) is 37.6 Å². The van der Waals surface area contributed by atoms with Gasteiger partial charge in [0.2, 0.25) is 0 Å². The van der Waals surface area contributed by atoms with E-state index >= 15 is 0 Å². The second kappa shape index (κ2) is 8.46. The Hall–Kier alpha value is -2.19. The smallest absolute Gasteiger partial charge is 0.316 e. The van der Waals surface area contributed by atoms with Crippen LogP contribution in [0.2, 0.25) is 0 Å². The molecule has 2 saturated heterocycles. The summed E-state index contributed by atoms with van der Waals surface area (Å²) in [5.41, 5.74) is 0.533. The van der Waals surface area contributed by atoms with Crippen LogP contribution >= 0.6 is 12.4 Å². The first-order chi connectivity index (χ1) is 12.1. The molecule has 2 fully saturated rings. The molecule has 9 heteroatoms. The fourth-order valence-corrected chi connectivity index (χ4v) is 3.72. The first-order valence-corrected chi connectivity index (χ1v) is 8.12. The molecule has 2 atom stereocenters. The molecule has 2 N–H and O–H groups in total. The van der Waals surface area contributed by atoms with E-state index in [9.17, 15) is 9.50 Å². The molecular weight excluding hydrogens is 365 g/mol. The Balaban J connectivity index is 0.000000570. The maximum Gasteiger partial charge on any atom is 0.316 e. The highest BCUT2D eigenvalue weighted by Gasteiger charge is 2.49. The minimum absolute atomic E-state index is 0. The van der Waals surface area contributed by atoms with Crippen molar-refractivity contribution in [2.45, 2.75) is 31.0 Å². The fraction of sp³-hybridized carbons (Fsp3) is 0.471. The third-order valence-electron chi connectivity index (χ3n) is 4.77. The Morgan fingerprint density at radius 1 is 1.46 bits per heavy atom. The fourth-order valence-electron chi connectivity index (χ4n) is 3.72. The van der Waals surface area contributed by atoms with E-state index in [4.69, 9.17) is 14.6 Å².